The van der Waals surface area contributed by atoms with E-state index in [-0.39, 0.29) is 38.8 Å². The lowest BCUT2D eigenvalue weighted by Gasteiger charge is -2.42. The minimum Gasteiger partial charge on any atom is -0.465 e. The molecular weight excluding hydrogens is 638 g/mol. The lowest BCUT2D eigenvalue weighted by molar-refractivity contribution is -0.0425. The minimum atomic E-state index is -0.992. The topological polar surface area (TPSA) is 145 Å². The fourth-order valence-electron chi connectivity index (χ4n) is 6.94. The predicted octanol–water partition coefficient (Wildman–Crippen LogP) is 4.69. The van der Waals surface area contributed by atoms with Crippen molar-refractivity contribution in [1.29, 1.82) is 5.26 Å². The zero-order valence-corrected chi connectivity index (χ0v) is 27.7. The Morgan fingerprint density at radius 3 is 2.60 bits per heavy atom. The Balaban J connectivity index is 1.14. The Hall–Kier alpha value is -5.61. The first-order valence-electron chi connectivity index (χ1n) is 16.9. The number of piperazine rings is 1. The summed E-state index contributed by atoms with van der Waals surface area (Å²) in [6.07, 6.45) is -1.07. The summed E-state index contributed by atoms with van der Waals surface area (Å²) in [5, 5.41) is 21.5. The number of rotatable bonds is 8. The molecular formula is C37H39N7O6. The maximum Gasteiger partial charge on any atom is 0.410 e. The number of aromatic nitrogens is 2. The number of fused-ring (bicyclic) bond motifs is 2. The maximum absolute atomic E-state index is 13.2. The summed E-state index contributed by atoms with van der Waals surface area (Å²) in [4.78, 5) is 42.0. The van der Waals surface area contributed by atoms with Gasteiger partial charge in [0.25, 0.3) is 0 Å². The third-order valence-corrected chi connectivity index (χ3v) is 9.49. The highest BCUT2D eigenvalue weighted by Gasteiger charge is 2.35. The zero-order chi connectivity index (χ0) is 34.5. The average molecular weight is 678 g/mol. The third-order valence-electron chi connectivity index (χ3n) is 9.49. The van der Waals surface area contributed by atoms with Gasteiger partial charge in [-0.05, 0) is 23.4 Å². The summed E-state index contributed by atoms with van der Waals surface area (Å²) in [6, 6.07) is 26.2. The molecule has 0 spiro atoms. The van der Waals surface area contributed by atoms with Gasteiger partial charge in [-0.1, -0.05) is 66.7 Å². The molecule has 1 aromatic heterocycles. The van der Waals surface area contributed by atoms with E-state index in [2.05, 4.69) is 46.2 Å². The molecule has 0 bridgehead atoms. The molecule has 3 aromatic carbocycles. The van der Waals surface area contributed by atoms with Crippen molar-refractivity contribution in [2.75, 3.05) is 62.3 Å². The van der Waals surface area contributed by atoms with Crippen LogP contribution in [0.1, 0.15) is 23.2 Å². The van der Waals surface area contributed by atoms with Crippen molar-refractivity contribution in [3.05, 3.63) is 89.6 Å². The molecule has 3 aliphatic heterocycles. The molecule has 13 nitrogen and oxygen atoms in total. The molecule has 50 heavy (non-hydrogen) atoms. The number of ether oxygens (including phenoxy) is 3. The van der Waals surface area contributed by atoms with Gasteiger partial charge in [-0.15, -0.1) is 0 Å². The van der Waals surface area contributed by atoms with E-state index >= 15 is 0 Å². The number of amides is 2. The summed E-state index contributed by atoms with van der Waals surface area (Å²) in [5.74, 6) is 0.722. The number of nitriles is 1. The normalized spacial score (nSPS) is 19.1. The van der Waals surface area contributed by atoms with Gasteiger partial charge in [0.05, 0.1) is 43.9 Å². The number of nitrogens with zero attached hydrogens (tertiary/aromatic N) is 7. The van der Waals surface area contributed by atoms with Gasteiger partial charge in [0, 0.05) is 49.4 Å². The smallest absolute Gasteiger partial charge is 0.410 e. The number of carbonyl (C=O) groups excluding carboxylic acids is 1. The van der Waals surface area contributed by atoms with Crippen LogP contribution in [0.25, 0.3) is 10.8 Å². The first kappa shape index (κ1) is 32.9. The number of carbonyl (C=O) groups is 2. The van der Waals surface area contributed by atoms with Crippen LogP contribution in [0.15, 0.2) is 72.8 Å². The molecule has 0 saturated carbocycles. The van der Waals surface area contributed by atoms with Gasteiger partial charge < -0.3 is 38.9 Å². The van der Waals surface area contributed by atoms with Crippen LogP contribution < -0.4 is 14.5 Å². The summed E-state index contributed by atoms with van der Waals surface area (Å²) in [7, 11) is 0. The van der Waals surface area contributed by atoms with E-state index in [9.17, 15) is 20.0 Å². The molecule has 0 aliphatic carbocycles. The molecule has 258 valence electrons. The van der Waals surface area contributed by atoms with Crippen molar-refractivity contribution >= 4 is 34.5 Å². The fraction of sp³-hybridized carbons (Fsp3) is 0.378. The Labute approximate surface area is 290 Å². The number of anilines is 2. The Morgan fingerprint density at radius 1 is 0.940 bits per heavy atom. The monoisotopic (exact) mass is 677 g/mol. The summed E-state index contributed by atoms with van der Waals surface area (Å²) < 4.78 is 17.6. The predicted molar refractivity (Wildman–Crippen MR) is 185 cm³/mol. The fourth-order valence-corrected chi connectivity index (χ4v) is 6.94. The molecule has 3 aliphatic rings. The van der Waals surface area contributed by atoms with Gasteiger partial charge in [-0.25, -0.2) is 9.59 Å². The van der Waals surface area contributed by atoms with Gasteiger partial charge in [0.2, 0.25) is 0 Å². The largest absolute Gasteiger partial charge is 0.465 e. The van der Waals surface area contributed by atoms with Crippen LogP contribution in [0.3, 0.4) is 0 Å². The summed E-state index contributed by atoms with van der Waals surface area (Å²) in [5.41, 5.74) is 3.86. The first-order valence-corrected chi connectivity index (χ1v) is 16.9. The molecule has 1 unspecified atom stereocenters. The van der Waals surface area contributed by atoms with Gasteiger partial charge in [0.15, 0.2) is 0 Å². The van der Waals surface area contributed by atoms with Crippen LogP contribution in [0.4, 0.5) is 21.1 Å². The van der Waals surface area contributed by atoms with Gasteiger partial charge in [0.1, 0.15) is 25.1 Å². The molecule has 2 fully saturated rings. The standard InChI is InChI=1S/C37H39N7O6/c38-15-13-28-21-42(17-18-44(28)37(47)50-24-26-7-2-1-3-8-26)34-31-14-16-41(33-12-6-10-27-9-4-5-11-30(27)33)23-32(31)39-35(40-34)49-25-29-22-43(36(45)46)19-20-48-29/h1-12,28-29H,13-14,16-25H2,(H,45,46)/t28?,29-/m0/s1. The molecule has 7 rings (SSSR count). The quantitative estimate of drug-likeness (QED) is 0.277. The minimum absolute atomic E-state index is 0.0904. The SMILES string of the molecule is N#CCC1CN(c2nc(OC[C@@H]3CN(C(=O)O)CCO3)nc3c2CCN(c2cccc4ccccc24)C3)CCN1C(=O)OCc1ccccc1. The number of morpholine rings is 1. The van der Waals surface area contributed by atoms with Crippen molar-refractivity contribution in [2.45, 2.75) is 38.1 Å². The molecule has 2 saturated heterocycles. The van der Waals surface area contributed by atoms with Gasteiger partial charge in [-0.2, -0.15) is 15.2 Å². The molecule has 0 radical (unpaired) electrons. The number of hydrogen-bond donors (Lipinski definition) is 1. The number of carboxylic acid groups (broad SMARTS) is 1. The van der Waals surface area contributed by atoms with E-state index in [4.69, 9.17) is 24.2 Å². The Morgan fingerprint density at radius 2 is 1.76 bits per heavy atom. The molecule has 1 N–H and O–H groups in total. The molecule has 2 amide bonds. The van der Waals surface area contributed by atoms with Crippen molar-refractivity contribution < 1.29 is 28.9 Å². The van der Waals surface area contributed by atoms with Crippen molar-refractivity contribution in [2.24, 2.45) is 0 Å². The molecule has 4 heterocycles. The van der Waals surface area contributed by atoms with Crippen LogP contribution in [0, 0.1) is 11.3 Å². The summed E-state index contributed by atoms with van der Waals surface area (Å²) >= 11 is 0. The van der Waals surface area contributed by atoms with E-state index in [0.717, 1.165) is 45.6 Å². The van der Waals surface area contributed by atoms with E-state index in [1.54, 1.807) is 4.90 Å². The highest BCUT2D eigenvalue weighted by atomic mass is 16.6. The van der Waals surface area contributed by atoms with Crippen LogP contribution in [0.2, 0.25) is 0 Å². The van der Waals surface area contributed by atoms with Crippen molar-refractivity contribution in [3.63, 3.8) is 0 Å². The van der Waals surface area contributed by atoms with E-state index < -0.39 is 24.3 Å². The van der Waals surface area contributed by atoms with Gasteiger partial charge >= 0.3 is 18.2 Å². The lowest BCUT2D eigenvalue weighted by atomic mass is 10.0. The molecule has 2 atom stereocenters. The first-order chi connectivity index (χ1) is 24.5. The number of benzene rings is 3. The van der Waals surface area contributed by atoms with Crippen molar-refractivity contribution in [1.82, 2.24) is 19.8 Å². The second-order valence-corrected chi connectivity index (χ2v) is 12.7. The van der Waals surface area contributed by atoms with Crippen LogP contribution in [-0.4, -0.2) is 102 Å². The number of hydrogen-bond acceptors (Lipinski definition) is 10. The Kier molecular flexibility index (Phi) is 9.79. The molecule has 13 heteroatoms. The molecule has 4 aromatic rings. The highest BCUT2D eigenvalue weighted by Crippen LogP contribution is 2.35. The summed E-state index contributed by atoms with van der Waals surface area (Å²) in [6.45, 7) is 3.56. The second-order valence-electron chi connectivity index (χ2n) is 12.7. The van der Waals surface area contributed by atoms with Crippen LogP contribution in [0.5, 0.6) is 6.01 Å². The lowest BCUT2D eigenvalue weighted by Crippen LogP contribution is -2.55. The highest BCUT2D eigenvalue weighted by molar-refractivity contribution is 5.94. The van der Waals surface area contributed by atoms with Crippen LogP contribution in [-0.2, 0) is 29.0 Å². The Bertz CT molecular complexity index is 1880. The second kappa shape index (κ2) is 14.9. The maximum atomic E-state index is 13.2. The van der Waals surface area contributed by atoms with Crippen LogP contribution >= 0.6 is 0 Å². The third kappa shape index (κ3) is 7.21. The van der Waals surface area contributed by atoms with E-state index in [0.29, 0.717) is 39.1 Å². The van der Waals surface area contributed by atoms with Gasteiger partial charge in [-0.3, -0.25) is 0 Å². The van der Waals surface area contributed by atoms with E-state index in [1.807, 2.05) is 42.5 Å². The average Bonchev–Trinajstić information content (AvgIpc) is 3.16. The van der Waals surface area contributed by atoms with Crippen molar-refractivity contribution in [3.8, 4) is 12.1 Å². The zero-order valence-electron chi connectivity index (χ0n) is 27.7. The van der Waals surface area contributed by atoms with E-state index in [1.165, 1.54) is 4.90 Å².